The minimum absolute atomic E-state index is 0.000625. The summed E-state index contributed by atoms with van der Waals surface area (Å²) in [7, 11) is 0. The summed E-state index contributed by atoms with van der Waals surface area (Å²) in [5.74, 6) is 0.211. The lowest BCUT2D eigenvalue weighted by atomic mass is 10.3. The molecule has 17 heavy (non-hydrogen) atoms. The van der Waals surface area contributed by atoms with Gasteiger partial charge in [-0.3, -0.25) is 4.79 Å². The molecule has 0 atom stereocenters. The summed E-state index contributed by atoms with van der Waals surface area (Å²) >= 11 is 0. The number of rotatable bonds is 5. The Morgan fingerprint density at radius 1 is 1.41 bits per heavy atom. The van der Waals surface area contributed by atoms with E-state index >= 15 is 0 Å². The number of benzene rings is 1. The van der Waals surface area contributed by atoms with E-state index < -0.39 is 0 Å². The van der Waals surface area contributed by atoms with E-state index in [-0.39, 0.29) is 18.3 Å². The molecule has 1 fully saturated rings. The summed E-state index contributed by atoms with van der Waals surface area (Å²) in [6.07, 6.45) is 2.19. The van der Waals surface area contributed by atoms with Crippen LogP contribution in [0.15, 0.2) is 24.3 Å². The van der Waals surface area contributed by atoms with Crippen molar-refractivity contribution in [2.75, 3.05) is 13.2 Å². The van der Waals surface area contributed by atoms with Crippen LogP contribution in [0.4, 0.5) is 4.39 Å². The Balaban J connectivity index is 1.84. The van der Waals surface area contributed by atoms with Crippen molar-refractivity contribution in [3.05, 3.63) is 30.1 Å². The highest BCUT2D eigenvalue weighted by molar-refractivity contribution is 5.78. The lowest BCUT2D eigenvalue weighted by molar-refractivity contribution is -0.133. The zero-order chi connectivity index (χ0) is 12.3. The highest BCUT2D eigenvalue weighted by Crippen LogP contribution is 2.26. The summed E-state index contributed by atoms with van der Waals surface area (Å²) in [6, 6.07) is 6.09. The van der Waals surface area contributed by atoms with Gasteiger partial charge in [0.15, 0.2) is 6.61 Å². The number of halogens is 1. The van der Waals surface area contributed by atoms with E-state index in [4.69, 9.17) is 4.74 Å². The van der Waals surface area contributed by atoms with Gasteiger partial charge in [0.2, 0.25) is 0 Å². The Bertz CT molecular complexity index is 387. The first-order valence-electron chi connectivity index (χ1n) is 5.88. The molecule has 0 heterocycles. The second kappa shape index (κ2) is 5.17. The molecule has 2 rings (SSSR count). The molecule has 92 valence electrons. The highest BCUT2D eigenvalue weighted by Gasteiger charge is 2.31. The summed E-state index contributed by atoms with van der Waals surface area (Å²) in [4.78, 5) is 13.7. The SMILES string of the molecule is CCN(C(=O)COc1ccc(F)cc1)C1CC1. The van der Waals surface area contributed by atoms with Crippen LogP contribution in [0.1, 0.15) is 19.8 Å². The molecule has 0 unspecified atom stereocenters. The van der Waals surface area contributed by atoms with Gasteiger partial charge in [0.25, 0.3) is 5.91 Å². The molecule has 1 saturated carbocycles. The van der Waals surface area contributed by atoms with Gasteiger partial charge in [0, 0.05) is 12.6 Å². The molecular weight excluding hydrogens is 221 g/mol. The van der Waals surface area contributed by atoms with Crippen molar-refractivity contribution in [2.24, 2.45) is 0 Å². The lowest BCUT2D eigenvalue weighted by Crippen LogP contribution is -2.36. The normalized spacial score (nSPS) is 14.5. The van der Waals surface area contributed by atoms with Gasteiger partial charge in [-0.25, -0.2) is 4.39 Å². The fraction of sp³-hybridized carbons (Fsp3) is 0.462. The van der Waals surface area contributed by atoms with E-state index in [1.807, 2.05) is 11.8 Å². The van der Waals surface area contributed by atoms with Crippen molar-refractivity contribution in [1.82, 2.24) is 4.90 Å². The summed E-state index contributed by atoms with van der Waals surface area (Å²) in [5, 5.41) is 0. The van der Waals surface area contributed by atoms with Gasteiger partial charge in [0.1, 0.15) is 11.6 Å². The van der Waals surface area contributed by atoms with Crippen LogP contribution < -0.4 is 4.74 Å². The maximum absolute atomic E-state index is 12.7. The second-order valence-corrected chi connectivity index (χ2v) is 4.15. The van der Waals surface area contributed by atoms with Gasteiger partial charge in [-0.1, -0.05) is 0 Å². The van der Waals surface area contributed by atoms with Gasteiger partial charge in [-0.15, -0.1) is 0 Å². The highest BCUT2D eigenvalue weighted by atomic mass is 19.1. The molecule has 3 nitrogen and oxygen atoms in total. The summed E-state index contributed by atoms with van der Waals surface area (Å²) in [6.45, 7) is 2.71. The Hall–Kier alpha value is -1.58. The first-order chi connectivity index (χ1) is 8.20. The van der Waals surface area contributed by atoms with Gasteiger partial charge in [-0.05, 0) is 44.0 Å². The molecular formula is C13H16FNO2. The molecule has 0 aliphatic heterocycles. The Kier molecular flexibility index (Phi) is 3.61. The van der Waals surface area contributed by atoms with Crippen LogP contribution in [0, 0.1) is 5.82 Å². The van der Waals surface area contributed by atoms with E-state index in [2.05, 4.69) is 0 Å². The van der Waals surface area contributed by atoms with E-state index in [0.29, 0.717) is 11.8 Å². The molecule has 1 aromatic carbocycles. The zero-order valence-corrected chi connectivity index (χ0v) is 9.86. The molecule has 0 radical (unpaired) electrons. The van der Waals surface area contributed by atoms with Crippen molar-refractivity contribution in [2.45, 2.75) is 25.8 Å². The minimum atomic E-state index is -0.308. The molecule has 1 amide bonds. The molecule has 0 N–H and O–H groups in total. The number of carbonyl (C=O) groups excluding carboxylic acids is 1. The van der Waals surface area contributed by atoms with Gasteiger partial charge in [-0.2, -0.15) is 0 Å². The minimum Gasteiger partial charge on any atom is -0.484 e. The third kappa shape index (κ3) is 3.19. The van der Waals surface area contributed by atoms with E-state index in [1.165, 1.54) is 24.3 Å². The summed E-state index contributed by atoms with van der Waals surface area (Å²) < 4.78 is 18.0. The van der Waals surface area contributed by atoms with Crippen molar-refractivity contribution in [1.29, 1.82) is 0 Å². The third-order valence-corrected chi connectivity index (χ3v) is 2.82. The van der Waals surface area contributed by atoms with Gasteiger partial charge >= 0.3 is 0 Å². The average Bonchev–Trinajstić information content (AvgIpc) is 3.14. The number of hydrogen-bond donors (Lipinski definition) is 0. The predicted octanol–water partition coefficient (Wildman–Crippen LogP) is 2.22. The number of nitrogens with zero attached hydrogens (tertiary/aromatic N) is 1. The van der Waals surface area contributed by atoms with E-state index in [9.17, 15) is 9.18 Å². The Morgan fingerprint density at radius 2 is 2.06 bits per heavy atom. The smallest absolute Gasteiger partial charge is 0.260 e. The fourth-order valence-electron chi connectivity index (χ4n) is 1.78. The molecule has 0 aromatic heterocycles. The number of hydrogen-bond acceptors (Lipinski definition) is 2. The van der Waals surface area contributed by atoms with Crippen LogP contribution in [0.5, 0.6) is 5.75 Å². The quantitative estimate of drug-likeness (QED) is 0.785. The number of ether oxygens (including phenoxy) is 1. The molecule has 4 heteroatoms. The molecule has 1 aliphatic rings. The van der Waals surface area contributed by atoms with E-state index in [0.717, 1.165) is 19.4 Å². The number of carbonyl (C=O) groups is 1. The predicted molar refractivity (Wildman–Crippen MR) is 62.3 cm³/mol. The lowest BCUT2D eigenvalue weighted by Gasteiger charge is -2.20. The van der Waals surface area contributed by atoms with Crippen molar-refractivity contribution >= 4 is 5.91 Å². The van der Waals surface area contributed by atoms with Crippen LogP contribution in [-0.4, -0.2) is 30.0 Å². The molecule has 0 saturated heterocycles. The van der Waals surface area contributed by atoms with Crippen LogP contribution in [0.3, 0.4) is 0 Å². The monoisotopic (exact) mass is 237 g/mol. The number of likely N-dealkylation sites (N-methyl/N-ethyl adjacent to an activating group) is 1. The maximum atomic E-state index is 12.7. The standard InChI is InChI=1S/C13H16FNO2/c1-2-15(11-5-6-11)13(16)9-17-12-7-3-10(14)4-8-12/h3-4,7-8,11H,2,5-6,9H2,1H3. The first kappa shape index (κ1) is 11.9. The molecule has 0 bridgehead atoms. The first-order valence-corrected chi connectivity index (χ1v) is 5.88. The van der Waals surface area contributed by atoms with Crippen molar-refractivity contribution in [3.63, 3.8) is 0 Å². The van der Waals surface area contributed by atoms with Crippen LogP contribution in [0.25, 0.3) is 0 Å². The maximum Gasteiger partial charge on any atom is 0.260 e. The topological polar surface area (TPSA) is 29.5 Å². The second-order valence-electron chi connectivity index (χ2n) is 4.15. The van der Waals surface area contributed by atoms with E-state index in [1.54, 1.807) is 0 Å². The number of amides is 1. The molecule has 1 aromatic rings. The van der Waals surface area contributed by atoms with Crippen LogP contribution in [0.2, 0.25) is 0 Å². The fourth-order valence-corrected chi connectivity index (χ4v) is 1.78. The van der Waals surface area contributed by atoms with Crippen molar-refractivity contribution < 1.29 is 13.9 Å². The van der Waals surface area contributed by atoms with Crippen molar-refractivity contribution in [3.8, 4) is 5.75 Å². The molecule has 1 aliphatic carbocycles. The zero-order valence-electron chi connectivity index (χ0n) is 9.86. The Morgan fingerprint density at radius 3 is 2.59 bits per heavy atom. The van der Waals surface area contributed by atoms with Crippen LogP contribution >= 0.6 is 0 Å². The molecule has 0 spiro atoms. The summed E-state index contributed by atoms with van der Waals surface area (Å²) in [5.41, 5.74) is 0. The Labute approximate surface area is 100 Å². The largest absolute Gasteiger partial charge is 0.484 e. The van der Waals surface area contributed by atoms with Crippen LogP contribution in [-0.2, 0) is 4.79 Å². The third-order valence-electron chi connectivity index (χ3n) is 2.82. The average molecular weight is 237 g/mol. The van der Waals surface area contributed by atoms with Gasteiger partial charge < -0.3 is 9.64 Å². The van der Waals surface area contributed by atoms with Gasteiger partial charge in [0.05, 0.1) is 0 Å².